The number of imidazole rings is 1. The number of aromatic nitrogens is 4. The quantitative estimate of drug-likeness (QED) is 0.397. The van der Waals surface area contributed by atoms with Crippen molar-refractivity contribution in [3.8, 4) is 11.3 Å². The lowest BCUT2D eigenvalue weighted by atomic mass is 10.00. The zero-order valence-electron chi connectivity index (χ0n) is 19.3. The van der Waals surface area contributed by atoms with Gasteiger partial charge < -0.3 is 11.1 Å². The van der Waals surface area contributed by atoms with Crippen LogP contribution in [-0.4, -0.2) is 25.3 Å². The van der Waals surface area contributed by atoms with E-state index in [1.165, 1.54) is 0 Å². The van der Waals surface area contributed by atoms with E-state index >= 15 is 0 Å². The third-order valence-electron chi connectivity index (χ3n) is 7.60. The molecule has 0 saturated heterocycles. The van der Waals surface area contributed by atoms with E-state index in [0.717, 1.165) is 65.8 Å². The molecule has 0 radical (unpaired) electrons. The normalized spacial score (nSPS) is 23.0. The molecule has 0 aliphatic heterocycles. The summed E-state index contributed by atoms with van der Waals surface area (Å²) in [6.07, 6.45) is 2.28. The third-order valence-corrected chi connectivity index (χ3v) is 7.60. The van der Waals surface area contributed by atoms with E-state index < -0.39 is 17.6 Å². The van der Waals surface area contributed by atoms with Crippen LogP contribution < -0.4 is 11.1 Å². The van der Waals surface area contributed by atoms with Gasteiger partial charge in [0.25, 0.3) is 5.91 Å². The monoisotopic (exact) mass is 492 g/mol. The van der Waals surface area contributed by atoms with Crippen LogP contribution in [-0.2, 0) is 6.18 Å². The van der Waals surface area contributed by atoms with Gasteiger partial charge in [-0.2, -0.15) is 13.2 Å². The van der Waals surface area contributed by atoms with Crippen LogP contribution >= 0.6 is 0 Å². The maximum Gasteiger partial charge on any atom is 0.416 e. The van der Waals surface area contributed by atoms with Gasteiger partial charge in [-0.25, -0.2) is 15.0 Å². The van der Waals surface area contributed by atoms with Gasteiger partial charge in [0.15, 0.2) is 0 Å². The molecule has 2 unspecified atom stereocenters. The highest BCUT2D eigenvalue weighted by Crippen LogP contribution is 2.61. The number of anilines is 2. The summed E-state index contributed by atoms with van der Waals surface area (Å²) in [5.74, 6) is 3.32. The highest BCUT2D eigenvalue weighted by atomic mass is 19.4. The highest BCUT2D eigenvalue weighted by molar-refractivity contribution is 6.04. The molecule has 4 atom stereocenters. The highest BCUT2D eigenvalue weighted by Gasteiger charge is 2.54. The van der Waals surface area contributed by atoms with Crippen LogP contribution in [0.3, 0.4) is 0 Å². The number of alkyl halides is 3. The fraction of sp³-hybridized carbons (Fsp3) is 0.308. The maximum atomic E-state index is 13.0. The van der Waals surface area contributed by atoms with Crippen molar-refractivity contribution in [2.24, 2.45) is 17.8 Å². The number of hydrogen-bond donors (Lipinski definition) is 2. The van der Waals surface area contributed by atoms with Gasteiger partial charge in [-0.1, -0.05) is 19.1 Å². The van der Waals surface area contributed by atoms with Crippen LogP contribution in [0.15, 0.2) is 55.0 Å². The zero-order valence-corrected chi connectivity index (χ0v) is 19.3. The fourth-order valence-corrected chi connectivity index (χ4v) is 5.60. The predicted octanol–water partition coefficient (Wildman–Crippen LogP) is 5.40. The van der Waals surface area contributed by atoms with E-state index in [0.29, 0.717) is 17.4 Å². The Morgan fingerprint density at radius 2 is 1.81 bits per heavy atom. The molecule has 3 N–H and O–H groups in total. The fourth-order valence-electron chi connectivity index (χ4n) is 5.60. The number of nitrogens with two attached hydrogens (primary N) is 1. The topological polar surface area (TPSA) is 98.2 Å². The number of nitrogens with one attached hydrogen (secondary N) is 1. The molecule has 10 heteroatoms. The number of rotatable bonds is 4. The number of nitrogens with zero attached hydrogens (tertiary/aromatic N) is 4. The second-order valence-electron chi connectivity index (χ2n) is 9.66. The molecule has 0 bridgehead atoms. The molecule has 36 heavy (non-hydrogen) atoms. The standard InChI is InChI=1S/C26H23F3N6O/c1-13-18-10-16(11-19(13)18)24-34-21(22-23(30)32-8-9-35(22)24)14-2-4-15(5-3-14)25(36)33-20-12-17(6-7-31-20)26(27,28)29/h2-9,12-13,16,18-19H,10-11H2,1H3,(H2,30,32)(H,31,33,36)/t13?,16?,18-,19+. The zero-order chi connectivity index (χ0) is 25.2. The van der Waals surface area contributed by atoms with Gasteiger partial charge >= 0.3 is 6.18 Å². The van der Waals surface area contributed by atoms with Crippen LogP contribution in [0.1, 0.15) is 47.4 Å². The maximum absolute atomic E-state index is 13.0. The largest absolute Gasteiger partial charge is 0.416 e. The first-order valence-corrected chi connectivity index (χ1v) is 11.8. The van der Waals surface area contributed by atoms with Gasteiger partial charge in [0.2, 0.25) is 0 Å². The average Bonchev–Trinajstić information content (AvgIpc) is 3.21. The summed E-state index contributed by atoms with van der Waals surface area (Å²) in [7, 11) is 0. The first-order valence-electron chi connectivity index (χ1n) is 11.8. The molecule has 2 aliphatic carbocycles. The Labute approximate surface area is 204 Å². The van der Waals surface area contributed by atoms with Crippen molar-refractivity contribution in [2.75, 3.05) is 11.1 Å². The Morgan fingerprint density at radius 3 is 2.50 bits per heavy atom. The van der Waals surface area contributed by atoms with Crippen molar-refractivity contribution in [3.05, 3.63) is 71.9 Å². The minimum Gasteiger partial charge on any atom is -0.382 e. The number of carbonyl (C=O) groups excluding carboxylic acids is 1. The van der Waals surface area contributed by atoms with Gasteiger partial charge in [0.05, 0.1) is 5.56 Å². The van der Waals surface area contributed by atoms with Crippen LogP contribution in [0.5, 0.6) is 0 Å². The summed E-state index contributed by atoms with van der Waals surface area (Å²) >= 11 is 0. The van der Waals surface area contributed by atoms with E-state index in [2.05, 4.69) is 22.2 Å². The predicted molar refractivity (Wildman–Crippen MR) is 128 cm³/mol. The van der Waals surface area contributed by atoms with Crippen molar-refractivity contribution in [1.82, 2.24) is 19.4 Å². The molecule has 1 aromatic carbocycles. The number of carbonyl (C=O) groups is 1. The van der Waals surface area contributed by atoms with Crippen LogP contribution in [0.2, 0.25) is 0 Å². The summed E-state index contributed by atoms with van der Waals surface area (Å²) in [6, 6.07) is 8.35. The number of pyridine rings is 1. The Bertz CT molecular complexity index is 1470. The lowest BCUT2D eigenvalue weighted by Crippen LogP contribution is -2.14. The molecule has 7 nitrogen and oxygen atoms in total. The van der Waals surface area contributed by atoms with Gasteiger partial charge in [0, 0.05) is 35.6 Å². The summed E-state index contributed by atoms with van der Waals surface area (Å²) in [5.41, 5.74) is 7.83. The van der Waals surface area contributed by atoms with Crippen molar-refractivity contribution >= 4 is 23.1 Å². The van der Waals surface area contributed by atoms with E-state index in [4.69, 9.17) is 10.7 Å². The van der Waals surface area contributed by atoms with E-state index in [9.17, 15) is 18.0 Å². The summed E-state index contributed by atoms with van der Waals surface area (Å²) in [4.78, 5) is 25.7. The first-order chi connectivity index (χ1) is 17.2. The Balaban J connectivity index is 1.27. The molecule has 4 aromatic rings. The van der Waals surface area contributed by atoms with Crippen molar-refractivity contribution in [1.29, 1.82) is 0 Å². The molecule has 2 aliphatic rings. The van der Waals surface area contributed by atoms with Crippen molar-refractivity contribution in [3.63, 3.8) is 0 Å². The average molecular weight is 493 g/mol. The molecule has 184 valence electrons. The minimum atomic E-state index is -4.52. The third kappa shape index (κ3) is 3.77. The number of benzene rings is 1. The van der Waals surface area contributed by atoms with Gasteiger partial charge in [-0.3, -0.25) is 9.20 Å². The van der Waals surface area contributed by atoms with Crippen LogP contribution in [0, 0.1) is 17.8 Å². The van der Waals surface area contributed by atoms with Crippen LogP contribution in [0.4, 0.5) is 24.8 Å². The lowest BCUT2D eigenvalue weighted by Gasteiger charge is -2.11. The molecule has 6 rings (SSSR count). The van der Waals surface area contributed by atoms with Gasteiger partial charge in [-0.15, -0.1) is 0 Å². The molecule has 0 spiro atoms. The summed E-state index contributed by atoms with van der Waals surface area (Å²) in [5, 5.41) is 2.42. The van der Waals surface area contributed by atoms with Gasteiger partial charge in [-0.05, 0) is 54.9 Å². The van der Waals surface area contributed by atoms with E-state index in [1.54, 1.807) is 30.5 Å². The number of hydrogen-bond acceptors (Lipinski definition) is 5. The van der Waals surface area contributed by atoms with E-state index in [1.807, 2.05) is 10.6 Å². The van der Waals surface area contributed by atoms with Crippen LogP contribution in [0.25, 0.3) is 16.8 Å². The smallest absolute Gasteiger partial charge is 0.382 e. The molecule has 2 saturated carbocycles. The number of amides is 1. The molecule has 1 amide bonds. The second kappa shape index (κ2) is 8.04. The Hall–Kier alpha value is -3.95. The van der Waals surface area contributed by atoms with Crippen molar-refractivity contribution < 1.29 is 18.0 Å². The molecular formula is C26H23F3N6O. The number of halogens is 3. The molecule has 2 fully saturated rings. The number of fused-ring (bicyclic) bond motifs is 2. The lowest BCUT2D eigenvalue weighted by molar-refractivity contribution is -0.137. The Morgan fingerprint density at radius 1 is 1.08 bits per heavy atom. The summed E-state index contributed by atoms with van der Waals surface area (Å²) in [6.45, 7) is 2.31. The summed E-state index contributed by atoms with van der Waals surface area (Å²) < 4.78 is 40.9. The molecule has 3 heterocycles. The Kier molecular flexibility index (Phi) is 5.03. The molecular weight excluding hydrogens is 469 g/mol. The van der Waals surface area contributed by atoms with Gasteiger partial charge in [0.1, 0.15) is 28.7 Å². The minimum absolute atomic E-state index is 0.175. The second-order valence-corrected chi connectivity index (χ2v) is 9.66. The van der Waals surface area contributed by atoms with Crippen molar-refractivity contribution in [2.45, 2.75) is 31.9 Å². The molecule has 3 aromatic heterocycles. The SMILES string of the molecule is CC1[C@H]2CC(c3nc(-c4ccc(C(=O)Nc5cc(C(F)(F)F)ccn5)cc4)c4c(N)nccn34)C[C@@H]12. The first kappa shape index (κ1) is 22.5. The van der Waals surface area contributed by atoms with E-state index in [-0.39, 0.29) is 11.4 Å². The number of nitrogen functional groups attached to an aromatic ring is 1.